The maximum absolute atomic E-state index is 5.80. The van der Waals surface area contributed by atoms with E-state index in [9.17, 15) is 0 Å². The third-order valence-corrected chi connectivity index (χ3v) is 5.33. The molecule has 2 heterocycles. The van der Waals surface area contributed by atoms with Crippen LogP contribution in [0, 0.1) is 0 Å². The lowest BCUT2D eigenvalue weighted by atomic mass is 10.2. The van der Waals surface area contributed by atoms with Gasteiger partial charge in [0.05, 0.1) is 0 Å². The van der Waals surface area contributed by atoms with Gasteiger partial charge in [0.2, 0.25) is 4.96 Å². The van der Waals surface area contributed by atoms with Crippen LogP contribution in [0.1, 0.15) is 5.82 Å². The lowest BCUT2D eigenvalue weighted by Gasteiger charge is -2.04. The van der Waals surface area contributed by atoms with Crippen LogP contribution in [0.15, 0.2) is 53.4 Å². The van der Waals surface area contributed by atoms with Crippen molar-refractivity contribution in [2.75, 3.05) is 12.0 Å². The van der Waals surface area contributed by atoms with Gasteiger partial charge in [0.15, 0.2) is 5.82 Å². The molecule has 2 aromatic carbocycles. The molecule has 0 fully saturated rings. The highest BCUT2D eigenvalue weighted by molar-refractivity contribution is 7.98. The SMILES string of the molecule is CSc1ccc(OCc2nnc3sc(-c4ccc(N)cc4)nn23)cc1. The van der Waals surface area contributed by atoms with Crippen LogP contribution in [0.4, 0.5) is 5.69 Å². The number of hydrogen-bond acceptors (Lipinski definition) is 7. The minimum atomic E-state index is 0.310. The van der Waals surface area contributed by atoms with Crippen molar-refractivity contribution in [3.63, 3.8) is 0 Å². The maximum atomic E-state index is 5.80. The molecule has 6 nitrogen and oxygen atoms in total. The second kappa shape index (κ2) is 6.73. The summed E-state index contributed by atoms with van der Waals surface area (Å²) in [4.78, 5) is 1.94. The van der Waals surface area contributed by atoms with Crippen molar-refractivity contribution in [2.24, 2.45) is 0 Å². The zero-order valence-corrected chi connectivity index (χ0v) is 15.0. The number of nitrogen functional groups attached to an aromatic ring is 1. The van der Waals surface area contributed by atoms with E-state index in [-0.39, 0.29) is 0 Å². The highest BCUT2D eigenvalue weighted by atomic mass is 32.2. The average molecular weight is 369 g/mol. The van der Waals surface area contributed by atoms with Crippen molar-refractivity contribution in [1.82, 2.24) is 19.8 Å². The summed E-state index contributed by atoms with van der Waals surface area (Å²) in [6.45, 7) is 0.310. The van der Waals surface area contributed by atoms with E-state index in [2.05, 4.69) is 15.3 Å². The van der Waals surface area contributed by atoms with E-state index in [1.165, 1.54) is 16.2 Å². The Hall–Kier alpha value is -2.58. The molecule has 4 aromatic rings. The van der Waals surface area contributed by atoms with Gasteiger partial charge in [-0.2, -0.15) is 9.61 Å². The van der Waals surface area contributed by atoms with Crippen molar-refractivity contribution in [3.8, 4) is 16.3 Å². The fourth-order valence-corrected chi connectivity index (χ4v) is 3.58. The molecule has 2 aromatic heterocycles. The number of hydrogen-bond donors (Lipinski definition) is 1. The van der Waals surface area contributed by atoms with Gasteiger partial charge in [-0.1, -0.05) is 11.3 Å². The summed E-state index contributed by atoms with van der Waals surface area (Å²) in [6.07, 6.45) is 2.05. The fourth-order valence-electron chi connectivity index (χ4n) is 2.31. The summed E-state index contributed by atoms with van der Waals surface area (Å²) in [6, 6.07) is 15.6. The lowest BCUT2D eigenvalue weighted by molar-refractivity contribution is 0.292. The summed E-state index contributed by atoms with van der Waals surface area (Å²) in [5.41, 5.74) is 7.47. The molecular formula is C17H15N5OS2. The number of anilines is 1. The summed E-state index contributed by atoms with van der Waals surface area (Å²) in [5.74, 6) is 1.46. The van der Waals surface area contributed by atoms with Crippen molar-refractivity contribution < 1.29 is 4.74 Å². The van der Waals surface area contributed by atoms with E-state index >= 15 is 0 Å². The zero-order valence-electron chi connectivity index (χ0n) is 13.4. The molecule has 0 amide bonds. The fraction of sp³-hybridized carbons (Fsp3) is 0.118. The van der Waals surface area contributed by atoms with Gasteiger partial charge in [0, 0.05) is 16.1 Å². The van der Waals surface area contributed by atoms with Crippen LogP contribution in [-0.2, 0) is 6.61 Å². The minimum Gasteiger partial charge on any atom is -0.486 e. The number of aromatic nitrogens is 4. The average Bonchev–Trinajstić information content (AvgIpc) is 3.22. The summed E-state index contributed by atoms with van der Waals surface area (Å²) < 4.78 is 7.53. The Morgan fingerprint density at radius 1 is 1.08 bits per heavy atom. The smallest absolute Gasteiger partial charge is 0.235 e. The van der Waals surface area contributed by atoms with Crippen molar-refractivity contribution in [2.45, 2.75) is 11.5 Å². The number of ether oxygens (including phenoxy) is 1. The van der Waals surface area contributed by atoms with Gasteiger partial charge in [0.1, 0.15) is 17.4 Å². The second-order valence-electron chi connectivity index (χ2n) is 5.30. The van der Waals surface area contributed by atoms with Crippen LogP contribution in [0.3, 0.4) is 0 Å². The number of thioether (sulfide) groups is 1. The molecule has 4 rings (SSSR count). The predicted octanol–water partition coefficient (Wildman–Crippen LogP) is 3.74. The van der Waals surface area contributed by atoms with Gasteiger partial charge in [0.25, 0.3) is 0 Å². The molecule has 0 aliphatic rings. The third-order valence-electron chi connectivity index (χ3n) is 3.64. The zero-order chi connectivity index (χ0) is 17.2. The number of nitrogens with two attached hydrogens (primary N) is 1. The molecule has 0 aliphatic heterocycles. The Morgan fingerprint density at radius 2 is 1.84 bits per heavy atom. The van der Waals surface area contributed by atoms with Gasteiger partial charge in [-0.15, -0.1) is 22.0 Å². The summed E-state index contributed by atoms with van der Waals surface area (Å²) in [7, 11) is 0. The molecule has 0 saturated heterocycles. The highest BCUT2D eigenvalue weighted by Gasteiger charge is 2.13. The summed E-state index contributed by atoms with van der Waals surface area (Å²) >= 11 is 3.18. The molecule has 25 heavy (non-hydrogen) atoms. The molecule has 0 atom stereocenters. The monoisotopic (exact) mass is 369 g/mol. The van der Waals surface area contributed by atoms with Crippen LogP contribution in [0.5, 0.6) is 5.75 Å². The molecule has 0 bridgehead atoms. The quantitative estimate of drug-likeness (QED) is 0.426. The Morgan fingerprint density at radius 3 is 2.56 bits per heavy atom. The van der Waals surface area contributed by atoms with Crippen LogP contribution in [-0.4, -0.2) is 26.1 Å². The Kier molecular flexibility index (Phi) is 4.29. The Balaban J connectivity index is 1.54. The minimum absolute atomic E-state index is 0.310. The molecule has 0 aliphatic carbocycles. The van der Waals surface area contributed by atoms with E-state index in [0.717, 1.165) is 27.0 Å². The van der Waals surface area contributed by atoms with Gasteiger partial charge in [-0.3, -0.25) is 0 Å². The van der Waals surface area contributed by atoms with Crippen molar-refractivity contribution >= 4 is 33.7 Å². The van der Waals surface area contributed by atoms with Crippen LogP contribution in [0.2, 0.25) is 0 Å². The first-order valence-electron chi connectivity index (χ1n) is 7.57. The Bertz CT molecular complexity index is 992. The molecule has 8 heteroatoms. The van der Waals surface area contributed by atoms with E-state index in [0.29, 0.717) is 12.4 Å². The standard InChI is InChI=1S/C17H15N5OS2/c1-24-14-8-6-13(7-9-14)23-10-15-19-20-17-22(15)21-16(25-17)11-2-4-12(18)5-3-11/h2-9H,10,18H2,1H3. The molecule has 0 saturated carbocycles. The molecule has 0 radical (unpaired) electrons. The predicted molar refractivity (Wildman–Crippen MR) is 101 cm³/mol. The van der Waals surface area contributed by atoms with Crippen molar-refractivity contribution in [1.29, 1.82) is 0 Å². The van der Waals surface area contributed by atoms with E-state index < -0.39 is 0 Å². The number of rotatable bonds is 5. The van der Waals surface area contributed by atoms with Crippen LogP contribution < -0.4 is 10.5 Å². The number of nitrogens with zero attached hydrogens (tertiary/aromatic N) is 4. The topological polar surface area (TPSA) is 78.3 Å². The first-order valence-corrected chi connectivity index (χ1v) is 9.61. The molecule has 2 N–H and O–H groups in total. The van der Waals surface area contributed by atoms with Crippen LogP contribution >= 0.6 is 23.1 Å². The highest BCUT2D eigenvalue weighted by Crippen LogP contribution is 2.26. The van der Waals surface area contributed by atoms with E-state index in [4.69, 9.17) is 10.5 Å². The molecule has 126 valence electrons. The molecule has 0 unspecified atom stereocenters. The van der Waals surface area contributed by atoms with E-state index in [1.54, 1.807) is 16.3 Å². The van der Waals surface area contributed by atoms with Crippen LogP contribution in [0.25, 0.3) is 15.5 Å². The largest absolute Gasteiger partial charge is 0.486 e. The van der Waals surface area contributed by atoms with Crippen molar-refractivity contribution in [3.05, 3.63) is 54.4 Å². The number of fused-ring (bicyclic) bond motifs is 1. The number of benzene rings is 2. The van der Waals surface area contributed by atoms with Gasteiger partial charge in [-0.25, -0.2) is 0 Å². The summed E-state index contributed by atoms with van der Waals surface area (Å²) in [5, 5.41) is 13.8. The Labute approximate surface area is 152 Å². The first-order chi connectivity index (χ1) is 12.2. The van der Waals surface area contributed by atoms with Gasteiger partial charge in [-0.05, 0) is 54.8 Å². The first kappa shape index (κ1) is 15.9. The third kappa shape index (κ3) is 3.31. The molecular weight excluding hydrogens is 354 g/mol. The molecule has 0 spiro atoms. The normalized spacial score (nSPS) is 11.1. The lowest BCUT2D eigenvalue weighted by Crippen LogP contribution is -2.02. The van der Waals surface area contributed by atoms with Gasteiger partial charge < -0.3 is 10.5 Å². The van der Waals surface area contributed by atoms with E-state index in [1.807, 2.05) is 54.8 Å². The van der Waals surface area contributed by atoms with Gasteiger partial charge >= 0.3 is 0 Å². The second-order valence-corrected chi connectivity index (χ2v) is 7.14. The maximum Gasteiger partial charge on any atom is 0.235 e.